The largest absolute Gasteiger partial charge is 0.337 e. The number of nitrogens with zero attached hydrogens (tertiary/aromatic N) is 3. The van der Waals surface area contributed by atoms with E-state index in [2.05, 4.69) is 9.88 Å². The summed E-state index contributed by atoms with van der Waals surface area (Å²) in [4.78, 5) is 32.0. The van der Waals surface area contributed by atoms with Gasteiger partial charge in [-0.3, -0.25) is 10.1 Å². The first-order chi connectivity index (χ1) is 15.5. The lowest BCUT2D eigenvalue weighted by Gasteiger charge is -2.28. The molecule has 6 nitrogen and oxygen atoms in total. The van der Waals surface area contributed by atoms with Crippen LogP contribution in [0.3, 0.4) is 0 Å². The van der Waals surface area contributed by atoms with Crippen molar-refractivity contribution in [1.82, 2.24) is 19.8 Å². The molecule has 2 aromatic heterocycles. The van der Waals surface area contributed by atoms with Crippen LogP contribution in [0.2, 0.25) is 0 Å². The average Bonchev–Trinajstić information content (AvgIpc) is 3.40. The lowest BCUT2D eigenvalue weighted by molar-refractivity contribution is -0.121. The first-order valence-electron chi connectivity index (χ1n) is 10.4. The van der Waals surface area contributed by atoms with Crippen molar-refractivity contribution in [3.05, 3.63) is 76.2 Å². The van der Waals surface area contributed by atoms with Gasteiger partial charge in [0.15, 0.2) is 0 Å². The Labute approximate surface area is 187 Å². The smallest absolute Gasteiger partial charge is 0.325 e. The zero-order valence-corrected chi connectivity index (χ0v) is 18.1. The summed E-state index contributed by atoms with van der Waals surface area (Å²) in [6, 6.07) is 13.9. The summed E-state index contributed by atoms with van der Waals surface area (Å²) in [6.07, 6.45) is 0.386. The molecule has 2 aliphatic heterocycles. The third-order valence-electron chi connectivity index (χ3n) is 6.35. The van der Waals surface area contributed by atoms with Gasteiger partial charge >= 0.3 is 6.03 Å². The number of hydrogen-bond donors (Lipinski definition) is 1. The van der Waals surface area contributed by atoms with E-state index in [1.165, 1.54) is 12.1 Å². The van der Waals surface area contributed by atoms with Crippen LogP contribution < -0.4 is 5.32 Å². The number of benzene rings is 2. The number of amides is 3. The Balaban J connectivity index is 1.47. The summed E-state index contributed by atoms with van der Waals surface area (Å²) in [6.45, 7) is 2.89. The van der Waals surface area contributed by atoms with Crippen LogP contribution in [-0.2, 0) is 24.3 Å². The fourth-order valence-corrected chi connectivity index (χ4v) is 5.80. The third-order valence-corrected chi connectivity index (χ3v) is 7.54. The highest BCUT2D eigenvalue weighted by Crippen LogP contribution is 2.37. The number of fused-ring (bicyclic) bond motifs is 4. The molecule has 1 fully saturated rings. The Bertz CT molecular complexity index is 1410. The van der Waals surface area contributed by atoms with Gasteiger partial charge in [0.25, 0.3) is 5.91 Å². The molecule has 160 valence electrons. The molecule has 0 radical (unpaired) electrons. The van der Waals surface area contributed by atoms with Crippen molar-refractivity contribution in [3.63, 3.8) is 0 Å². The molecule has 4 heterocycles. The molecule has 1 N–H and O–H groups in total. The summed E-state index contributed by atoms with van der Waals surface area (Å²) in [5, 5.41) is 4.16. The Hall–Kier alpha value is -3.52. The quantitative estimate of drug-likeness (QED) is 0.479. The van der Waals surface area contributed by atoms with Crippen molar-refractivity contribution in [3.8, 4) is 10.6 Å². The SMILES string of the molecule is Cc1nc(-c2ccccc2)sc1Cn1c2c(c3cc(F)ccc31)CC1C(=O)NC(=O)N1C2. The number of aromatic nitrogens is 2. The zero-order chi connectivity index (χ0) is 22.0. The molecule has 32 heavy (non-hydrogen) atoms. The number of hydrogen-bond acceptors (Lipinski definition) is 4. The van der Waals surface area contributed by atoms with Crippen LogP contribution >= 0.6 is 11.3 Å². The van der Waals surface area contributed by atoms with Crippen molar-refractivity contribution in [2.75, 3.05) is 0 Å². The second kappa shape index (κ2) is 7.00. The van der Waals surface area contributed by atoms with Crippen LogP contribution in [0.15, 0.2) is 48.5 Å². The molecule has 1 unspecified atom stereocenters. The second-order valence-corrected chi connectivity index (χ2v) is 9.29. The van der Waals surface area contributed by atoms with E-state index in [0.717, 1.165) is 43.3 Å². The van der Waals surface area contributed by atoms with Gasteiger partial charge in [0.05, 0.1) is 18.8 Å². The van der Waals surface area contributed by atoms with Gasteiger partial charge in [-0.05, 0) is 30.7 Å². The monoisotopic (exact) mass is 446 g/mol. The van der Waals surface area contributed by atoms with Crippen molar-refractivity contribution in [2.24, 2.45) is 0 Å². The highest BCUT2D eigenvalue weighted by Gasteiger charge is 2.43. The van der Waals surface area contributed by atoms with E-state index in [9.17, 15) is 14.0 Å². The Morgan fingerprint density at radius 2 is 2.00 bits per heavy atom. The molecule has 0 saturated carbocycles. The van der Waals surface area contributed by atoms with Gasteiger partial charge in [0, 0.05) is 33.5 Å². The number of urea groups is 1. The molecule has 2 aliphatic rings. The molecular weight excluding hydrogens is 427 g/mol. The molecule has 0 spiro atoms. The highest BCUT2D eigenvalue weighted by atomic mass is 32.1. The molecule has 6 rings (SSSR count). The first-order valence-corrected chi connectivity index (χ1v) is 11.2. The first kappa shape index (κ1) is 19.2. The maximum absolute atomic E-state index is 14.1. The number of halogens is 1. The van der Waals surface area contributed by atoms with Crippen LogP contribution in [0.25, 0.3) is 21.5 Å². The molecule has 4 aromatic rings. The van der Waals surface area contributed by atoms with E-state index < -0.39 is 6.04 Å². The van der Waals surface area contributed by atoms with Crippen LogP contribution in [0, 0.1) is 12.7 Å². The number of rotatable bonds is 3. The molecule has 1 saturated heterocycles. The normalized spacial score (nSPS) is 17.6. The maximum atomic E-state index is 14.1. The number of nitrogens with one attached hydrogen (secondary N) is 1. The maximum Gasteiger partial charge on any atom is 0.325 e. The van der Waals surface area contributed by atoms with Crippen molar-refractivity contribution < 1.29 is 14.0 Å². The molecule has 2 aromatic carbocycles. The predicted molar refractivity (Wildman–Crippen MR) is 120 cm³/mol. The van der Waals surface area contributed by atoms with Crippen LogP contribution in [0.4, 0.5) is 9.18 Å². The number of thiazole rings is 1. The van der Waals surface area contributed by atoms with Crippen LogP contribution in [0.1, 0.15) is 21.8 Å². The van der Waals surface area contributed by atoms with E-state index in [1.54, 1.807) is 22.3 Å². The molecule has 1 atom stereocenters. The fourth-order valence-electron chi connectivity index (χ4n) is 4.74. The minimum absolute atomic E-state index is 0.288. The Morgan fingerprint density at radius 3 is 2.81 bits per heavy atom. The van der Waals surface area contributed by atoms with Crippen molar-refractivity contribution >= 4 is 34.2 Å². The van der Waals surface area contributed by atoms with Crippen LogP contribution in [-0.4, -0.2) is 32.4 Å². The summed E-state index contributed by atoms with van der Waals surface area (Å²) in [5.74, 6) is -0.601. The van der Waals surface area contributed by atoms with E-state index >= 15 is 0 Å². The predicted octanol–water partition coefficient (Wildman–Crippen LogP) is 4.24. The van der Waals surface area contributed by atoms with Gasteiger partial charge in [0.1, 0.15) is 16.9 Å². The average molecular weight is 447 g/mol. The minimum atomic E-state index is -0.535. The van der Waals surface area contributed by atoms with Gasteiger partial charge in [-0.1, -0.05) is 30.3 Å². The molecule has 8 heteroatoms. The summed E-state index contributed by atoms with van der Waals surface area (Å²) >= 11 is 1.64. The minimum Gasteiger partial charge on any atom is -0.337 e. The zero-order valence-electron chi connectivity index (χ0n) is 17.3. The number of carbonyl (C=O) groups is 2. The molecular formula is C24H19FN4O2S. The van der Waals surface area contributed by atoms with Crippen LogP contribution in [0.5, 0.6) is 0 Å². The summed E-state index contributed by atoms with van der Waals surface area (Å²) in [5.41, 5.74) is 4.81. The van der Waals surface area contributed by atoms with Gasteiger partial charge in [0.2, 0.25) is 0 Å². The third kappa shape index (κ3) is 2.86. The summed E-state index contributed by atoms with van der Waals surface area (Å²) < 4.78 is 16.3. The topological polar surface area (TPSA) is 67.2 Å². The van der Waals surface area contributed by atoms with E-state index in [-0.39, 0.29) is 17.8 Å². The summed E-state index contributed by atoms with van der Waals surface area (Å²) in [7, 11) is 0. The lowest BCUT2D eigenvalue weighted by Crippen LogP contribution is -2.40. The standard InChI is InChI=1S/C24H19FN4O2S/c1-13-21(32-23(26-13)14-5-3-2-4-6-14)12-28-18-8-7-15(25)9-16(18)17-10-19-22(30)27-24(31)29(19)11-20(17)28/h2-9,19H,10-12H2,1H3,(H,27,30,31). The van der Waals surface area contributed by atoms with E-state index in [1.807, 2.05) is 37.3 Å². The van der Waals surface area contributed by atoms with Gasteiger partial charge in [-0.25, -0.2) is 14.2 Å². The molecule has 0 aliphatic carbocycles. The number of aryl methyl sites for hydroxylation is 1. The van der Waals surface area contributed by atoms with E-state index in [0.29, 0.717) is 19.5 Å². The van der Waals surface area contributed by atoms with Gasteiger partial charge < -0.3 is 9.47 Å². The molecule has 3 amide bonds. The highest BCUT2D eigenvalue weighted by molar-refractivity contribution is 7.15. The Kier molecular flexibility index (Phi) is 4.19. The van der Waals surface area contributed by atoms with Gasteiger partial charge in [-0.15, -0.1) is 11.3 Å². The fraction of sp³-hybridized carbons (Fsp3) is 0.208. The van der Waals surface area contributed by atoms with Crippen molar-refractivity contribution in [1.29, 1.82) is 0 Å². The number of imide groups is 1. The molecule has 0 bridgehead atoms. The van der Waals surface area contributed by atoms with E-state index in [4.69, 9.17) is 4.98 Å². The number of carbonyl (C=O) groups excluding carboxylic acids is 2. The van der Waals surface area contributed by atoms with Crippen molar-refractivity contribution in [2.45, 2.75) is 32.5 Å². The second-order valence-electron chi connectivity index (χ2n) is 8.21. The van der Waals surface area contributed by atoms with Gasteiger partial charge in [-0.2, -0.15) is 0 Å². The lowest BCUT2D eigenvalue weighted by atomic mass is 9.97. The Morgan fingerprint density at radius 1 is 1.19 bits per heavy atom.